The van der Waals surface area contributed by atoms with Gasteiger partial charge in [-0.3, -0.25) is 4.79 Å². The molecule has 2 aromatic rings. The number of hydrogen-bond acceptors (Lipinski definition) is 4. The van der Waals surface area contributed by atoms with Gasteiger partial charge < -0.3 is 14.8 Å². The van der Waals surface area contributed by atoms with Crippen LogP contribution < -0.4 is 14.8 Å². The molecule has 0 bridgehead atoms. The molecule has 1 aromatic heterocycles. The average molecular weight is 429 g/mol. The number of carbonyl (C=O) groups is 1. The van der Waals surface area contributed by atoms with E-state index in [0.717, 1.165) is 25.0 Å². The fourth-order valence-electron chi connectivity index (χ4n) is 2.35. The number of anilines is 1. The Morgan fingerprint density at radius 2 is 2.08 bits per heavy atom. The lowest BCUT2D eigenvalue weighted by atomic mass is 10.1. The molecular formula is C18H19BrF2N2O3. The predicted octanol–water partition coefficient (Wildman–Crippen LogP) is 4.95. The van der Waals surface area contributed by atoms with Crippen molar-refractivity contribution in [1.29, 1.82) is 0 Å². The Morgan fingerprint density at radius 3 is 2.73 bits per heavy atom. The highest BCUT2D eigenvalue weighted by atomic mass is 79.9. The van der Waals surface area contributed by atoms with Crippen LogP contribution in [0.4, 0.5) is 14.5 Å². The van der Waals surface area contributed by atoms with E-state index in [1.54, 1.807) is 0 Å². The number of nitrogens with one attached hydrogen (secondary N) is 1. The Morgan fingerprint density at radius 1 is 1.35 bits per heavy atom. The van der Waals surface area contributed by atoms with Gasteiger partial charge in [0.1, 0.15) is 17.3 Å². The summed E-state index contributed by atoms with van der Waals surface area (Å²) in [6.45, 7) is 3.86. The minimum atomic E-state index is -0.736. The van der Waals surface area contributed by atoms with E-state index in [0.29, 0.717) is 0 Å². The molecule has 0 aliphatic carbocycles. The normalized spacial score (nSPS) is 11.8. The van der Waals surface area contributed by atoms with Gasteiger partial charge in [-0.1, -0.05) is 13.3 Å². The zero-order valence-corrected chi connectivity index (χ0v) is 16.2. The lowest BCUT2D eigenvalue weighted by molar-refractivity contribution is 0.101. The van der Waals surface area contributed by atoms with Crippen LogP contribution in [0.1, 0.15) is 37.0 Å². The highest BCUT2D eigenvalue weighted by Gasteiger charge is 2.21. The summed E-state index contributed by atoms with van der Waals surface area (Å²) in [7, 11) is 1.30. The number of carbonyl (C=O) groups excluding carboxylic acids is 1. The molecule has 1 amide bonds. The van der Waals surface area contributed by atoms with Crippen LogP contribution >= 0.6 is 15.9 Å². The molecule has 8 heteroatoms. The summed E-state index contributed by atoms with van der Waals surface area (Å²) in [6.07, 6.45) is 2.70. The van der Waals surface area contributed by atoms with Gasteiger partial charge in [-0.15, -0.1) is 0 Å². The SMILES string of the molecule is CCC[C@H](C)Oc1cc(Br)c(F)cc1C(=O)Nc1c(F)ccnc1OC. The van der Waals surface area contributed by atoms with Gasteiger partial charge in [-0.25, -0.2) is 13.8 Å². The lowest BCUT2D eigenvalue weighted by Gasteiger charge is -2.18. The number of methoxy groups -OCH3 is 1. The highest BCUT2D eigenvalue weighted by molar-refractivity contribution is 9.10. The van der Waals surface area contributed by atoms with Gasteiger partial charge in [0, 0.05) is 6.20 Å². The Bertz CT molecular complexity index is 802. The van der Waals surface area contributed by atoms with E-state index in [2.05, 4.69) is 26.2 Å². The molecule has 0 radical (unpaired) electrons. The Labute approximate surface area is 158 Å². The van der Waals surface area contributed by atoms with Crippen molar-refractivity contribution in [3.63, 3.8) is 0 Å². The summed E-state index contributed by atoms with van der Waals surface area (Å²) in [6, 6.07) is 3.50. The minimum Gasteiger partial charge on any atom is -0.490 e. The van der Waals surface area contributed by atoms with Crippen molar-refractivity contribution in [2.75, 3.05) is 12.4 Å². The molecular weight excluding hydrogens is 410 g/mol. The van der Waals surface area contributed by atoms with E-state index in [9.17, 15) is 13.6 Å². The van der Waals surface area contributed by atoms with E-state index in [4.69, 9.17) is 9.47 Å². The second-order valence-electron chi connectivity index (χ2n) is 5.61. The van der Waals surface area contributed by atoms with E-state index in [1.165, 1.54) is 19.4 Å². The smallest absolute Gasteiger partial charge is 0.259 e. The van der Waals surface area contributed by atoms with Gasteiger partial charge in [-0.05, 0) is 47.5 Å². The fourth-order valence-corrected chi connectivity index (χ4v) is 2.68. The van der Waals surface area contributed by atoms with E-state index < -0.39 is 17.5 Å². The van der Waals surface area contributed by atoms with Crippen molar-refractivity contribution in [3.8, 4) is 11.6 Å². The van der Waals surface area contributed by atoms with Crippen LogP contribution in [-0.4, -0.2) is 24.1 Å². The van der Waals surface area contributed by atoms with Crippen LogP contribution in [0.2, 0.25) is 0 Å². The van der Waals surface area contributed by atoms with Gasteiger partial charge in [0.05, 0.1) is 23.2 Å². The number of pyridine rings is 1. The number of ether oxygens (including phenoxy) is 2. The first-order valence-corrected chi connectivity index (χ1v) is 8.82. The molecule has 1 atom stereocenters. The summed E-state index contributed by atoms with van der Waals surface area (Å²) in [4.78, 5) is 16.5. The summed E-state index contributed by atoms with van der Waals surface area (Å²) in [5.74, 6) is -1.98. The highest BCUT2D eigenvalue weighted by Crippen LogP contribution is 2.30. The summed E-state index contributed by atoms with van der Waals surface area (Å²) in [5.41, 5.74) is -0.283. The summed E-state index contributed by atoms with van der Waals surface area (Å²) < 4.78 is 38.9. The Balaban J connectivity index is 2.38. The molecule has 26 heavy (non-hydrogen) atoms. The molecule has 0 saturated carbocycles. The minimum absolute atomic E-state index is 0.0565. The van der Waals surface area contributed by atoms with E-state index >= 15 is 0 Å². The number of halogens is 3. The van der Waals surface area contributed by atoms with Gasteiger partial charge in [0.25, 0.3) is 5.91 Å². The number of rotatable bonds is 7. The third-order valence-corrected chi connectivity index (χ3v) is 4.20. The third-order valence-electron chi connectivity index (χ3n) is 3.59. The molecule has 2 rings (SSSR count). The number of hydrogen-bond donors (Lipinski definition) is 1. The number of aromatic nitrogens is 1. The first-order chi connectivity index (χ1) is 12.4. The maximum Gasteiger partial charge on any atom is 0.259 e. The molecule has 1 heterocycles. The van der Waals surface area contributed by atoms with Crippen LogP contribution in [0.15, 0.2) is 28.9 Å². The Hall–Kier alpha value is -2.22. The molecule has 5 nitrogen and oxygen atoms in total. The van der Waals surface area contributed by atoms with Crippen LogP contribution in [0.5, 0.6) is 11.6 Å². The predicted molar refractivity (Wildman–Crippen MR) is 97.8 cm³/mol. The van der Waals surface area contributed by atoms with Crippen LogP contribution in [-0.2, 0) is 0 Å². The number of nitrogens with zero attached hydrogens (tertiary/aromatic N) is 1. The first-order valence-electron chi connectivity index (χ1n) is 8.02. The molecule has 0 unspecified atom stereocenters. The second kappa shape index (κ2) is 8.93. The second-order valence-corrected chi connectivity index (χ2v) is 6.47. The van der Waals surface area contributed by atoms with Crippen LogP contribution in [0.25, 0.3) is 0 Å². The fraction of sp³-hybridized carbons (Fsp3) is 0.333. The molecule has 1 N–H and O–H groups in total. The molecule has 140 valence electrons. The monoisotopic (exact) mass is 428 g/mol. The van der Waals surface area contributed by atoms with Gasteiger partial charge >= 0.3 is 0 Å². The quantitative estimate of drug-likeness (QED) is 0.677. The van der Waals surface area contributed by atoms with E-state index in [-0.39, 0.29) is 33.5 Å². The molecule has 0 aliphatic heterocycles. The molecule has 0 saturated heterocycles. The van der Waals surface area contributed by atoms with E-state index in [1.807, 2.05) is 13.8 Å². The summed E-state index contributed by atoms with van der Waals surface area (Å²) in [5, 5.41) is 2.37. The molecule has 0 fully saturated rings. The van der Waals surface area contributed by atoms with Crippen molar-refractivity contribution < 1.29 is 23.0 Å². The average Bonchev–Trinajstić information content (AvgIpc) is 2.59. The maximum atomic E-state index is 14.0. The standard InChI is InChI=1S/C18H19BrF2N2O3/c1-4-5-10(2)26-15-9-12(19)14(21)8-11(15)17(24)23-16-13(20)6-7-22-18(16)25-3/h6-10H,4-5H2,1-3H3,(H,23,24)/t10-/m0/s1. The van der Waals surface area contributed by atoms with Crippen molar-refractivity contribution in [2.24, 2.45) is 0 Å². The lowest BCUT2D eigenvalue weighted by Crippen LogP contribution is -2.19. The number of benzene rings is 1. The van der Waals surface area contributed by atoms with Crippen LogP contribution in [0.3, 0.4) is 0 Å². The molecule has 0 aliphatic rings. The van der Waals surface area contributed by atoms with Crippen molar-refractivity contribution in [3.05, 3.63) is 46.1 Å². The third kappa shape index (κ3) is 4.69. The van der Waals surface area contributed by atoms with Gasteiger partial charge in [0.15, 0.2) is 5.82 Å². The van der Waals surface area contributed by atoms with Gasteiger partial charge in [0.2, 0.25) is 5.88 Å². The topological polar surface area (TPSA) is 60.5 Å². The molecule has 0 spiro atoms. The van der Waals surface area contributed by atoms with Crippen molar-refractivity contribution in [1.82, 2.24) is 4.98 Å². The molecule has 1 aromatic carbocycles. The Kier molecular flexibility index (Phi) is 6.90. The maximum absolute atomic E-state index is 14.0. The van der Waals surface area contributed by atoms with Crippen molar-refractivity contribution >= 4 is 27.5 Å². The zero-order chi connectivity index (χ0) is 19.3. The van der Waals surface area contributed by atoms with Crippen molar-refractivity contribution in [2.45, 2.75) is 32.8 Å². The first kappa shape index (κ1) is 20.1. The van der Waals surface area contributed by atoms with Crippen LogP contribution in [0, 0.1) is 11.6 Å². The van der Waals surface area contributed by atoms with Gasteiger partial charge in [-0.2, -0.15) is 0 Å². The zero-order valence-electron chi connectivity index (χ0n) is 14.6. The summed E-state index contributed by atoms with van der Waals surface area (Å²) >= 11 is 3.08. The largest absolute Gasteiger partial charge is 0.490 e. The number of amides is 1.